The molecule has 1 rings (SSSR count). The van der Waals surface area contributed by atoms with Crippen LogP contribution in [0.5, 0.6) is 0 Å². The van der Waals surface area contributed by atoms with Crippen molar-refractivity contribution in [2.24, 2.45) is 0 Å². The van der Waals surface area contributed by atoms with Gasteiger partial charge in [0.05, 0.1) is 5.76 Å². The van der Waals surface area contributed by atoms with E-state index in [1.807, 2.05) is 0 Å². The van der Waals surface area contributed by atoms with Crippen molar-refractivity contribution >= 4 is 0 Å². The van der Waals surface area contributed by atoms with Crippen molar-refractivity contribution in [3.05, 3.63) is 17.0 Å². The van der Waals surface area contributed by atoms with Crippen LogP contribution in [0.2, 0.25) is 0 Å². The van der Waals surface area contributed by atoms with Crippen LogP contribution in [0.3, 0.4) is 0 Å². The number of hydrogen-bond acceptors (Lipinski definition) is 3. The van der Waals surface area contributed by atoms with Crippen molar-refractivity contribution in [2.75, 3.05) is 13.1 Å². The third kappa shape index (κ3) is 1.21. The molecule has 8 heavy (non-hydrogen) atoms. The molecule has 0 unspecified atom stereocenters. The van der Waals surface area contributed by atoms with Gasteiger partial charge < -0.3 is 15.4 Å². The van der Waals surface area contributed by atoms with E-state index in [9.17, 15) is 5.21 Å². The highest BCUT2D eigenvalue weighted by Gasteiger charge is 1.99. The Morgan fingerprint density at radius 2 is 2.50 bits per heavy atom. The zero-order valence-electron chi connectivity index (χ0n) is 4.50. The van der Waals surface area contributed by atoms with Crippen LogP contribution in [0.25, 0.3) is 0 Å². The van der Waals surface area contributed by atoms with E-state index in [1.165, 1.54) is 6.08 Å². The van der Waals surface area contributed by atoms with Crippen molar-refractivity contribution in [3.63, 3.8) is 0 Å². The fourth-order valence-corrected chi connectivity index (χ4v) is 0.640. The van der Waals surface area contributed by atoms with Gasteiger partial charge in [-0.2, -0.15) is 0 Å². The number of aliphatic hydroxyl groups is 1. The summed E-state index contributed by atoms with van der Waals surface area (Å²) in [5.41, 5.74) is 0. The van der Waals surface area contributed by atoms with Gasteiger partial charge >= 0.3 is 0 Å². The molecule has 0 fully saturated rings. The molecule has 46 valence electrons. The Bertz CT molecular complexity index is 111. The molecule has 0 saturated carbocycles. The second-order valence-electron chi connectivity index (χ2n) is 1.83. The van der Waals surface area contributed by atoms with Crippen LogP contribution in [0.15, 0.2) is 11.8 Å². The minimum Gasteiger partial charge on any atom is -0.785 e. The second-order valence-corrected chi connectivity index (χ2v) is 1.83. The summed E-state index contributed by atoms with van der Waals surface area (Å²) in [6.45, 7) is 0.772. The van der Waals surface area contributed by atoms with Crippen molar-refractivity contribution in [1.29, 1.82) is 0 Å². The van der Waals surface area contributed by atoms with E-state index in [4.69, 9.17) is 5.11 Å². The Labute approximate surface area is 47.8 Å². The number of nitrogens with zero attached hydrogens (tertiary/aromatic N) is 1. The zero-order valence-corrected chi connectivity index (χ0v) is 4.50. The first-order valence-electron chi connectivity index (χ1n) is 2.59. The largest absolute Gasteiger partial charge is 0.785 e. The molecule has 3 nitrogen and oxygen atoms in total. The Morgan fingerprint density at radius 1 is 1.75 bits per heavy atom. The SMILES string of the molecule is [O-]N1CC=C(O)CC1. The molecule has 0 radical (unpaired) electrons. The number of hydrogen-bond donors (Lipinski definition) is 1. The highest BCUT2D eigenvalue weighted by molar-refractivity contribution is 4.97. The highest BCUT2D eigenvalue weighted by Crippen LogP contribution is 2.04. The van der Waals surface area contributed by atoms with Crippen molar-refractivity contribution in [3.8, 4) is 0 Å². The summed E-state index contributed by atoms with van der Waals surface area (Å²) in [6.07, 6.45) is 2.04. The lowest BCUT2D eigenvalue weighted by Crippen LogP contribution is -2.22. The summed E-state index contributed by atoms with van der Waals surface area (Å²) < 4.78 is 0. The molecule has 0 atom stereocenters. The minimum atomic E-state index is 0.339. The van der Waals surface area contributed by atoms with Gasteiger partial charge in [0.1, 0.15) is 0 Å². The molecule has 0 saturated heterocycles. The van der Waals surface area contributed by atoms with E-state index in [2.05, 4.69) is 0 Å². The van der Waals surface area contributed by atoms with Gasteiger partial charge in [-0.25, -0.2) is 0 Å². The lowest BCUT2D eigenvalue weighted by molar-refractivity contribution is 0.314. The molecule has 1 N–H and O–H groups in total. The molecular formula is C5H8NO2-. The quantitative estimate of drug-likeness (QED) is 0.502. The third-order valence-electron chi connectivity index (χ3n) is 1.15. The fourth-order valence-electron chi connectivity index (χ4n) is 0.640. The minimum absolute atomic E-state index is 0.339. The number of aliphatic hydroxyl groups excluding tert-OH is 1. The van der Waals surface area contributed by atoms with Crippen molar-refractivity contribution < 1.29 is 5.11 Å². The van der Waals surface area contributed by atoms with Crippen LogP contribution >= 0.6 is 0 Å². The van der Waals surface area contributed by atoms with Crippen LogP contribution in [-0.4, -0.2) is 23.3 Å². The summed E-state index contributed by atoms with van der Waals surface area (Å²) in [5, 5.41) is 20.0. The van der Waals surface area contributed by atoms with Crippen LogP contribution < -0.4 is 0 Å². The van der Waals surface area contributed by atoms with E-state index in [0.29, 0.717) is 25.3 Å². The number of rotatable bonds is 0. The summed E-state index contributed by atoms with van der Waals surface area (Å²) >= 11 is 0. The zero-order chi connectivity index (χ0) is 5.98. The van der Waals surface area contributed by atoms with Crippen LogP contribution in [0, 0.1) is 5.21 Å². The summed E-state index contributed by atoms with van der Waals surface area (Å²) in [4.78, 5) is 0. The maximum atomic E-state index is 10.4. The Kier molecular flexibility index (Phi) is 1.50. The highest BCUT2D eigenvalue weighted by atomic mass is 16.5. The standard InChI is InChI=1S/C5H8NO2/c7-5-1-3-6(8)4-2-5/h1,7H,2-4H2/q-1. The molecule has 0 aromatic heterocycles. The molecule has 0 spiro atoms. The smallest absolute Gasteiger partial charge is 0.0907 e. The molecule has 1 aliphatic heterocycles. The monoisotopic (exact) mass is 114 g/mol. The fraction of sp³-hybridized carbons (Fsp3) is 0.600. The Morgan fingerprint density at radius 3 is 2.88 bits per heavy atom. The van der Waals surface area contributed by atoms with Gasteiger partial charge in [-0.15, -0.1) is 0 Å². The van der Waals surface area contributed by atoms with E-state index < -0.39 is 0 Å². The van der Waals surface area contributed by atoms with Gasteiger partial charge in [-0.05, 0) is 12.6 Å². The second kappa shape index (κ2) is 2.15. The Balaban J connectivity index is 2.42. The molecular weight excluding hydrogens is 106 g/mol. The maximum Gasteiger partial charge on any atom is 0.0907 e. The van der Waals surface area contributed by atoms with E-state index in [1.54, 1.807) is 0 Å². The first kappa shape index (κ1) is 5.59. The van der Waals surface area contributed by atoms with Gasteiger partial charge in [-0.3, -0.25) is 0 Å². The predicted octanol–water partition coefficient (Wildman–Crippen LogP) is 0.632. The molecule has 1 heterocycles. The average molecular weight is 114 g/mol. The first-order valence-corrected chi connectivity index (χ1v) is 2.59. The Hall–Kier alpha value is -0.540. The molecule has 3 heteroatoms. The van der Waals surface area contributed by atoms with Crippen molar-refractivity contribution in [1.82, 2.24) is 5.06 Å². The summed E-state index contributed by atoms with van der Waals surface area (Å²) in [6, 6.07) is 0. The molecule has 0 aromatic carbocycles. The van der Waals surface area contributed by atoms with Gasteiger partial charge in [0, 0.05) is 13.0 Å². The van der Waals surface area contributed by atoms with E-state index in [0.717, 1.165) is 5.06 Å². The summed E-state index contributed by atoms with van der Waals surface area (Å²) in [7, 11) is 0. The predicted molar refractivity (Wildman–Crippen MR) is 30.3 cm³/mol. The van der Waals surface area contributed by atoms with Gasteiger partial charge in [-0.1, -0.05) is 0 Å². The van der Waals surface area contributed by atoms with Crippen LogP contribution in [0.1, 0.15) is 6.42 Å². The molecule has 0 amide bonds. The van der Waals surface area contributed by atoms with E-state index in [-0.39, 0.29) is 0 Å². The normalized spacial score (nSPS) is 22.9. The lowest BCUT2D eigenvalue weighted by atomic mass is 10.2. The van der Waals surface area contributed by atoms with Crippen LogP contribution in [0.4, 0.5) is 0 Å². The number of hydroxylamine groups is 2. The summed E-state index contributed by atoms with van der Waals surface area (Å²) in [5.74, 6) is 0.345. The van der Waals surface area contributed by atoms with Gasteiger partial charge in [0.25, 0.3) is 0 Å². The lowest BCUT2D eigenvalue weighted by Gasteiger charge is -2.29. The maximum absolute atomic E-state index is 10.4. The molecule has 0 bridgehead atoms. The molecule has 0 aromatic rings. The topological polar surface area (TPSA) is 46.5 Å². The van der Waals surface area contributed by atoms with Crippen molar-refractivity contribution in [2.45, 2.75) is 6.42 Å². The van der Waals surface area contributed by atoms with Crippen LogP contribution in [-0.2, 0) is 0 Å². The third-order valence-corrected chi connectivity index (χ3v) is 1.15. The average Bonchev–Trinajstić information content (AvgIpc) is 1.77. The molecule has 0 aliphatic carbocycles. The first-order chi connectivity index (χ1) is 3.79. The van der Waals surface area contributed by atoms with E-state index >= 15 is 0 Å². The van der Waals surface area contributed by atoms with Gasteiger partial charge in [0.2, 0.25) is 0 Å². The molecule has 1 aliphatic rings. The van der Waals surface area contributed by atoms with Gasteiger partial charge in [0.15, 0.2) is 0 Å².